The minimum absolute atomic E-state index is 0.0859. The van der Waals surface area contributed by atoms with Gasteiger partial charge in [-0.05, 0) is 23.6 Å². The van der Waals surface area contributed by atoms with Gasteiger partial charge in [0.25, 0.3) is 0 Å². The Bertz CT molecular complexity index is 542. The van der Waals surface area contributed by atoms with E-state index in [9.17, 15) is 22.8 Å². The second kappa shape index (κ2) is 7.85. The molecule has 0 bridgehead atoms. The van der Waals surface area contributed by atoms with Gasteiger partial charge >= 0.3 is 18.2 Å². The lowest BCUT2D eigenvalue weighted by molar-refractivity contribution is -0.141. The number of hydrogen-bond acceptors (Lipinski definition) is 2. The van der Waals surface area contributed by atoms with E-state index in [1.165, 1.54) is 24.3 Å². The van der Waals surface area contributed by atoms with Crippen LogP contribution in [0.15, 0.2) is 24.3 Å². The number of hydrogen-bond donors (Lipinski definition) is 3. The molecule has 1 atom stereocenters. The zero-order valence-electron chi connectivity index (χ0n) is 12.8. The zero-order valence-corrected chi connectivity index (χ0v) is 12.8. The summed E-state index contributed by atoms with van der Waals surface area (Å²) in [5, 5.41) is 13.5. The highest BCUT2D eigenvalue weighted by molar-refractivity contribution is 5.87. The molecule has 1 unspecified atom stereocenters. The number of carbonyl (C=O) groups excluding carboxylic acids is 1. The topological polar surface area (TPSA) is 78.4 Å². The molecular weight excluding hydrogens is 313 g/mol. The van der Waals surface area contributed by atoms with Crippen molar-refractivity contribution in [2.24, 2.45) is 5.92 Å². The van der Waals surface area contributed by atoms with Crippen molar-refractivity contribution in [2.45, 2.75) is 39.0 Å². The Hall–Kier alpha value is -2.25. The average molecular weight is 332 g/mol. The Morgan fingerprint density at radius 1 is 1.17 bits per heavy atom. The lowest BCUT2D eigenvalue weighted by Gasteiger charge is -2.23. The highest BCUT2D eigenvalue weighted by atomic mass is 19.4. The quantitative estimate of drug-likeness (QED) is 0.749. The molecule has 0 heterocycles. The van der Waals surface area contributed by atoms with Gasteiger partial charge in [-0.15, -0.1) is 0 Å². The predicted octanol–water partition coefficient (Wildman–Crippen LogP) is 3.16. The molecule has 3 N–H and O–H groups in total. The highest BCUT2D eigenvalue weighted by Gasteiger charge is 2.33. The third-order valence-electron chi connectivity index (χ3n) is 3.23. The van der Waals surface area contributed by atoms with Crippen LogP contribution >= 0.6 is 0 Å². The summed E-state index contributed by atoms with van der Waals surface area (Å²) in [7, 11) is 0. The summed E-state index contributed by atoms with van der Waals surface area (Å²) < 4.78 is 37.4. The number of amides is 2. The zero-order chi connectivity index (χ0) is 17.6. The van der Waals surface area contributed by atoms with Crippen LogP contribution in [0, 0.1) is 5.92 Å². The normalized spacial score (nSPS) is 12.8. The van der Waals surface area contributed by atoms with Gasteiger partial charge in [-0.2, -0.15) is 13.2 Å². The van der Waals surface area contributed by atoms with Crippen molar-refractivity contribution in [1.29, 1.82) is 0 Å². The van der Waals surface area contributed by atoms with E-state index < -0.39 is 30.6 Å². The minimum atomic E-state index is -4.35. The maximum atomic E-state index is 12.5. The molecule has 0 aliphatic heterocycles. The summed E-state index contributed by atoms with van der Waals surface area (Å²) in [5.74, 6) is -1.42. The molecule has 2 amide bonds. The lowest BCUT2D eigenvalue weighted by Crippen LogP contribution is -2.46. The summed E-state index contributed by atoms with van der Waals surface area (Å²) in [5.41, 5.74) is 0.755. The smallest absolute Gasteiger partial charge is 0.391 e. The molecule has 0 aliphatic rings. The van der Waals surface area contributed by atoms with Crippen LogP contribution in [-0.4, -0.2) is 29.3 Å². The molecule has 8 heteroatoms. The summed E-state index contributed by atoms with van der Waals surface area (Å²) in [6.07, 6.45) is -5.44. The van der Waals surface area contributed by atoms with Crippen molar-refractivity contribution in [2.75, 3.05) is 0 Å². The second-order valence-electron chi connectivity index (χ2n) is 5.50. The number of alkyl halides is 3. The van der Waals surface area contributed by atoms with Gasteiger partial charge in [0.15, 0.2) is 0 Å². The molecule has 5 nitrogen and oxygen atoms in total. The molecular formula is C15H19F3N2O3. The monoisotopic (exact) mass is 332 g/mol. The number of rotatable bonds is 6. The molecule has 23 heavy (non-hydrogen) atoms. The number of carboxylic acids is 1. The molecule has 1 aromatic rings. The Balaban J connectivity index is 2.53. The Morgan fingerprint density at radius 3 is 2.17 bits per heavy atom. The van der Waals surface area contributed by atoms with Crippen molar-refractivity contribution in [1.82, 2.24) is 10.6 Å². The lowest BCUT2D eigenvalue weighted by atomic mass is 10.0. The molecule has 128 valence electrons. The molecule has 0 fully saturated rings. The van der Waals surface area contributed by atoms with E-state index in [4.69, 9.17) is 5.11 Å². The van der Waals surface area contributed by atoms with E-state index in [0.29, 0.717) is 5.56 Å². The number of carbonyl (C=O) groups is 2. The Morgan fingerprint density at radius 2 is 1.74 bits per heavy atom. The first-order chi connectivity index (χ1) is 10.6. The van der Waals surface area contributed by atoms with E-state index in [1.807, 2.05) is 0 Å². The van der Waals surface area contributed by atoms with Gasteiger partial charge in [-0.3, -0.25) is 0 Å². The van der Waals surface area contributed by atoms with E-state index in [-0.39, 0.29) is 18.0 Å². The van der Waals surface area contributed by atoms with Gasteiger partial charge < -0.3 is 15.7 Å². The number of halogens is 3. The number of benzene rings is 1. The van der Waals surface area contributed by atoms with Crippen LogP contribution in [0.4, 0.5) is 18.0 Å². The number of urea groups is 1. The predicted molar refractivity (Wildman–Crippen MR) is 78.1 cm³/mol. The van der Waals surface area contributed by atoms with Crippen molar-refractivity contribution in [3.63, 3.8) is 0 Å². The van der Waals surface area contributed by atoms with Crippen LogP contribution in [-0.2, 0) is 6.54 Å². The van der Waals surface area contributed by atoms with E-state index in [0.717, 1.165) is 0 Å². The largest absolute Gasteiger partial charge is 0.478 e. The summed E-state index contributed by atoms with van der Waals surface area (Å²) >= 11 is 0. The molecule has 0 spiro atoms. The first-order valence-corrected chi connectivity index (χ1v) is 7.02. The molecule has 1 rings (SSSR count). The first-order valence-electron chi connectivity index (χ1n) is 7.02. The molecule has 0 saturated heterocycles. The van der Waals surface area contributed by atoms with Crippen LogP contribution in [0.1, 0.15) is 36.2 Å². The molecule has 1 aromatic carbocycles. The van der Waals surface area contributed by atoms with Crippen LogP contribution in [0.2, 0.25) is 0 Å². The SMILES string of the molecule is CC(C)C(CC(F)(F)F)NC(=O)NCc1ccc(C(=O)O)cc1. The van der Waals surface area contributed by atoms with Gasteiger partial charge in [-0.25, -0.2) is 9.59 Å². The summed E-state index contributed by atoms with van der Waals surface area (Å²) in [6.45, 7) is 3.28. The minimum Gasteiger partial charge on any atom is -0.478 e. The Labute approximate surface area is 131 Å². The molecule has 0 aromatic heterocycles. The fraction of sp³-hybridized carbons (Fsp3) is 0.467. The van der Waals surface area contributed by atoms with E-state index >= 15 is 0 Å². The van der Waals surface area contributed by atoms with E-state index in [1.54, 1.807) is 13.8 Å². The van der Waals surface area contributed by atoms with Crippen LogP contribution in [0.3, 0.4) is 0 Å². The van der Waals surface area contributed by atoms with Gasteiger partial charge in [-0.1, -0.05) is 26.0 Å². The van der Waals surface area contributed by atoms with Gasteiger partial charge in [0, 0.05) is 12.6 Å². The molecule has 0 radical (unpaired) electrons. The van der Waals surface area contributed by atoms with Crippen molar-refractivity contribution in [3.05, 3.63) is 35.4 Å². The van der Waals surface area contributed by atoms with Gasteiger partial charge in [0.1, 0.15) is 0 Å². The highest BCUT2D eigenvalue weighted by Crippen LogP contribution is 2.24. The van der Waals surface area contributed by atoms with Crippen molar-refractivity contribution in [3.8, 4) is 0 Å². The fourth-order valence-corrected chi connectivity index (χ4v) is 1.87. The van der Waals surface area contributed by atoms with Crippen LogP contribution < -0.4 is 10.6 Å². The van der Waals surface area contributed by atoms with Gasteiger partial charge in [0.2, 0.25) is 0 Å². The molecule has 0 aliphatic carbocycles. The van der Waals surface area contributed by atoms with Crippen LogP contribution in [0.5, 0.6) is 0 Å². The summed E-state index contributed by atoms with van der Waals surface area (Å²) in [4.78, 5) is 22.4. The van der Waals surface area contributed by atoms with Crippen molar-refractivity contribution < 1.29 is 27.9 Å². The third-order valence-corrected chi connectivity index (χ3v) is 3.23. The van der Waals surface area contributed by atoms with E-state index in [2.05, 4.69) is 10.6 Å². The standard InChI is InChI=1S/C15H19F3N2O3/c1-9(2)12(7-15(16,17)18)20-14(23)19-8-10-3-5-11(6-4-10)13(21)22/h3-6,9,12H,7-8H2,1-2H3,(H,21,22)(H2,19,20,23). The van der Waals surface area contributed by atoms with Crippen LogP contribution in [0.25, 0.3) is 0 Å². The maximum Gasteiger partial charge on any atom is 0.391 e. The second-order valence-corrected chi connectivity index (χ2v) is 5.50. The summed E-state index contributed by atoms with van der Waals surface area (Å²) in [6, 6.07) is 4.12. The van der Waals surface area contributed by atoms with Crippen molar-refractivity contribution >= 4 is 12.0 Å². The number of carboxylic acid groups (broad SMARTS) is 1. The fourth-order valence-electron chi connectivity index (χ4n) is 1.87. The number of aromatic carboxylic acids is 1. The molecule has 0 saturated carbocycles. The van der Waals surface area contributed by atoms with Gasteiger partial charge in [0.05, 0.1) is 12.0 Å². The first kappa shape index (κ1) is 18.8. The Kier molecular flexibility index (Phi) is 6.41. The number of nitrogens with one attached hydrogen (secondary N) is 2. The average Bonchev–Trinajstić information content (AvgIpc) is 2.43. The maximum absolute atomic E-state index is 12.5. The third kappa shape index (κ3) is 7.03.